The molecule has 0 bridgehead atoms. The first-order valence-corrected chi connectivity index (χ1v) is 6.80. The zero-order chi connectivity index (χ0) is 10.2. The minimum absolute atomic E-state index is 0. The highest BCUT2D eigenvalue weighted by Crippen LogP contribution is 2.32. The lowest BCUT2D eigenvalue weighted by Crippen LogP contribution is -2.45. The lowest BCUT2D eigenvalue weighted by molar-refractivity contribution is 0.296. The second-order valence-electron chi connectivity index (χ2n) is 4.24. The summed E-state index contributed by atoms with van der Waals surface area (Å²) in [6.07, 6.45) is 3.61. The third-order valence-electron chi connectivity index (χ3n) is 3.17. The SMILES string of the molecule is CN(C1CCNCC1)S(=O)(=O)C1CC1.Cl. The Kier molecular flexibility index (Phi) is 4.40. The fourth-order valence-electron chi connectivity index (χ4n) is 1.98. The van der Waals surface area contributed by atoms with Crippen LogP contribution in [0.25, 0.3) is 0 Å². The van der Waals surface area contributed by atoms with Gasteiger partial charge in [0, 0.05) is 13.1 Å². The number of hydrogen-bond donors (Lipinski definition) is 1. The average molecular weight is 255 g/mol. The van der Waals surface area contributed by atoms with Crippen LogP contribution in [0.3, 0.4) is 0 Å². The minimum Gasteiger partial charge on any atom is -0.317 e. The second kappa shape index (κ2) is 4.99. The van der Waals surface area contributed by atoms with Crippen LogP contribution >= 0.6 is 12.4 Å². The first-order valence-electron chi connectivity index (χ1n) is 5.30. The van der Waals surface area contributed by atoms with E-state index >= 15 is 0 Å². The summed E-state index contributed by atoms with van der Waals surface area (Å²) in [5.74, 6) is 0. The van der Waals surface area contributed by atoms with Crippen LogP contribution < -0.4 is 5.32 Å². The first-order chi connectivity index (χ1) is 6.62. The lowest BCUT2D eigenvalue weighted by Gasteiger charge is -2.30. The number of sulfonamides is 1. The van der Waals surface area contributed by atoms with E-state index in [9.17, 15) is 8.42 Å². The Morgan fingerprint density at radius 1 is 1.13 bits per heavy atom. The smallest absolute Gasteiger partial charge is 0.216 e. The molecule has 90 valence electrons. The highest BCUT2D eigenvalue weighted by molar-refractivity contribution is 7.90. The highest BCUT2D eigenvalue weighted by atomic mass is 35.5. The molecule has 6 heteroatoms. The van der Waals surface area contributed by atoms with Crippen LogP contribution in [-0.2, 0) is 10.0 Å². The Bertz CT molecular complexity index is 297. The molecular weight excluding hydrogens is 236 g/mol. The van der Waals surface area contributed by atoms with E-state index in [1.807, 2.05) is 0 Å². The largest absolute Gasteiger partial charge is 0.317 e. The summed E-state index contributed by atoms with van der Waals surface area (Å²) in [5.41, 5.74) is 0. The van der Waals surface area contributed by atoms with E-state index < -0.39 is 10.0 Å². The maximum absolute atomic E-state index is 11.9. The van der Waals surface area contributed by atoms with Crippen molar-refractivity contribution in [3.8, 4) is 0 Å². The highest BCUT2D eigenvalue weighted by Gasteiger charge is 2.40. The molecule has 0 amide bonds. The molecule has 2 fully saturated rings. The van der Waals surface area contributed by atoms with Crippen molar-refractivity contribution in [2.75, 3.05) is 20.1 Å². The third kappa shape index (κ3) is 2.84. The summed E-state index contributed by atoms with van der Waals surface area (Å²) < 4.78 is 25.4. The molecule has 1 saturated carbocycles. The zero-order valence-corrected chi connectivity index (χ0v) is 10.6. The Labute approximate surface area is 97.9 Å². The van der Waals surface area contributed by atoms with Crippen molar-refractivity contribution in [2.24, 2.45) is 0 Å². The van der Waals surface area contributed by atoms with Gasteiger partial charge in [0.15, 0.2) is 0 Å². The van der Waals surface area contributed by atoms with Crippen LogP contribution in [0.5, 0.6) is 0 Å². The summed E-state index contributed by atoms with van der Waals surface area (Å²) in [7, 11) is -1.22. The van der Waals surface area contributed by atoms with Gasteiger partial charge in [0.1, 0.15) is 0 Å². The van der Waals surface area contributed by atoms with Crippen molar-refractivity contribution in [1.29, 1.82) is 0 Å². The normalized spacial score (nSPS) is 23.9. The van der Waals surface area contributed by atoms with Crippen molar-refractivity contribution in [2.45, 2.75) is 37.0 Å². The Balaban J connectivity index is 0.00000112. The van der Waals surface area contributed by atoms with Gasteiger partial charge in [-0.1, -0.05) is 0 Å². The molecule has 1 saturated heterocycles. The molecule has 0 aromatic rings. The number of halogens is 1. The Morgan fingerprint density at radius 3 is 2.13 bits per heavy atom. The van der Waals surface area contributed by atoms with Gasteiger partial charge < -0.3 is 5.32 Å². The maximum Gasteiger partial charge on any atom is 0.216 e. The molecule has 1 aliphatic carbocycles. The molecular formula is C9H19ClN2O2S. The second-order valence-corrected chi connectivity index (χ2v) is 6.51. The van der Waals surface area contributed by atoms with E-state index in [4.69, 9.17) is 0 Å². The molecule has 0 aromatic carbocycles. The van der Waals surface area contributed by atoms with Gasteiger partial charge in [0.2, 0.25) is 10.0 Å². The van der Waals surface area contributed by atoms with E-state index in [1.54, 1.807) is 11.4 Å². The summed E-state index contributed by atoms with van der Waals surface area (Å²) >= 11 is 0. The molecule has 0 aromatic heterocycles. The van der Waals surface area contributed by atoms with Crippen molar-refractivity contribution in [3.63, 3.8) is 0 Å². The molecule has 2 rings (SSSR count). The van der Waals surface area contributed by atoms with Gasteiger partial charge in [-0.3, -0.25) is 0 Å². The van der Waals surface area contributed by atoms with Gasteiger partial charge >= 0.3 is 0 Å². The number of hydrogen-bond acceptors (Lipinski definition) is 3. The molecule has 4 nitrogen and oxygen atoms in total. The monoisotopic (exact) mass is 254 g/mol. The Morgan fingerprint density at radius 2 is 1.67 bits per heavy atom. The summed E-state index contributed by atoms with van der Waals surface area (Å²) in [4.78, 5) is 0. The maximum atomic E-state index is 11.9. The Hall–Kier alpha value is 0.160. The summed E-state index contributed by atoms with van der Waals surface area (Å²) in [5, 5.41) is 3.18. The zero-order valence-electron chi connectivity index (χ0n) is 8.98. The van der Waals surface area contributed by atoms with Crippen LogP contribution in [0, 0.1) is 0 Å². The molecule has 2 aliphatic rings. The predicted octanol–water partition coefficient (Wildman–Crippen LogP) is 0.584. The quantitative estimate of drug-likeness (QED) is 0.802. The average Bonchev–Trinajstić information content (AvgIpc) is 3.01. The van der Waals surface area contributed by atoms with E-state index in [0.717, 1.165) is 38.8 Å². The van der Waals surface area contributed by atoms with Crippen LogP contribution in [-0.4, -0.2) is 44.2 Å². The number of piperidine rings is 1. The van der Waals surface area contributed by atoms with Crippen molar-refractivity contribution in [1.82, 2.24) is 9.62 Å². The lowest BCUT2D eigenvalue weighted by atomic mass is 10.1. The van der Waals surface area contributed by atoms with Crippen LogP contribution in [0.15, 0.2) is 0 Å². The number of nitrogens with one attached hydrogen (secondary N) is 1. The summed E-state index contributed by atoms with van der Waals surface area (Å²) in [6, 6.07) is 0.224. The molecule has 15 heavy (non-hydrogen) atoms. The van der Waals surface area contributed by atoms with Crippen molar-refractivity contribution in [3.05, 3.63) is 0 Å². The molecule has 0 atom stereocenters. The third-order valence-corrected chi connectivity index (χ3v) is 5.58. The topological polar surface area (TPSA) is 49.4 Å². The molecule has 1 aliphatic heterocycles. The van der Waals surface area contributed by atoms with Crippen molar-refractivity contribution >= 4 is 22.4 Å². The van der Waals surface area contributed by atoms with E-state index in [2.05, 4.69) is 5.32 Å². The molecule has 0 spiro atoms. The van der Waals surface area contributed by atoms with Gasteiger partial charge in [-0.2, -0.15) is 0 Å². The van der Waals surface area contributed by atoms with Crippen LogP contribution in [0.1, 0.15) is 25.7 Å². The van der Waals surface area contributed by atoms with Crippen molar-refractivity contribution < 1.29 is 8.42 Å². The van der Waals surface area contributed by atoms with Gasteiger partial charge in [0.05, 0.1) is 5.25 Å². The van der Waals surface area contributed by atoms with Crippen LogP contribution in [0.2, 0.25) is 0 Å². The first kappa shape index (κ1) is 13.2. The number of nitrogens with zero attached hydrogens (tertiary/aromatic N) is 1. The van der Waals surface area contributed by atoms with E-state index in [-0.39, 0.29) is 23.7 Å². The fourth-order valence-corrected chi connectivity index (χ4v) is 3.81. The minimum atomic E-state index is -2.96. The standard InChI is InChI=1S/C9H18N2O2S.ClH/c1-11(8-4-6-10-7-5-8)14(12,13)9-2-3-9;/h8-10H,2-7H2,1H3;1H. The van der Waals surface area contributed by atoms with Gasteiger partial charge in [-0.05, 0) is 38.8 Å². The fraction of sp³-hybridized carbons (Fsp3) is 1.00. The van der Waals surface area contributed by atoms with Gasteiger partial charge in [-0.15, -0.1) is 12.4 Å². The van der Waals surface area contributed by atoms with Crippen LogP contribution in [0.4, 0.5) is 0 Å². The molecule has 1 heterocycles. The molecule has 0 radical (unpaired) electrons. The van der Waals surface area contributed by atoms with E-state index in [1.165, 1.54) is 0 Å². The van der Waals surface area contributed by atoms with Gasteiger partial charge in [0.25, 0.3) is 0 Å². The number of rotatable bonds is 3. The predicted molar refractivity (Wildman–Crippen MR) is 62.8 cm³/mol. The van der Waals surface area contributed by atoms with Gasteiger partial charge in [-0.25, -0.2) is 12.7 Å². The molecule has 1 N–H and O–H groups in total. The molecule has 0 unspecified atom stereocenters. The van der Waals surface area contributed by atoms with E-state index in [0.29, 0.717) is 0 Å². The summed E-state index contributed by atoms with van der Waals surface area (Å²) in [6.45, 7) is 1.88.